The molecule has 0 atom stereocenters. The van der Waals surface area contributed by atoms with Crippen molar-refractivity contribution < 1.29 is 4.74 Å². The molecule has 120 valence electrons. The number of halogens is 1. The van der Waals surface area contributed by atoms with E-state index < -0.39 is 0 Å². The molecular weight excluding hydrogens is 377 g/mol. The van der Waals surface area contributed by atoms with Gasteiger partial charge in [0.05, 0.1) is 6.61 Å². The van der Waals surface area contributed by atoms with Gasteiger partial charge in [0, 0.05) is 32.7 Å². The lowest BCUT2D eigenvalue weighted by Crippen LogP contribution is -2.44. The Bertz CT molecular complexity index is 447. The second-order valence-electron chi connectivity index (χ2n) is 5.54. The summed E-state index contributed by atoms with van der Waals surface area (Å²) in [6, 6.07) is 8.52. The highest BCUT2D eigenvalue weighted by atomic mass is 127. The summed E-state index contributed by atoms with van der Waals surface area (Å²) < 4.78 is 5.02. The van der Waals surface area contributed by atoms with Gasteiger partial charge in [0.2, 0.25) is 0 Å². The molecule has 21 heavy (non-hydrogen) atoms. The van der Waals surface area contributed by atoms with Gasteiger partial charge in [0.15, 0.2) is 5.96 Å². The topological polar surface area (TPSA) is 45.7 Å². The summed E-state index contributed by atoms with van der Waals surface area (Å²) >= 11 is 0. The number of benzene rings is 1. The second-order valence-corrected chi connectivity index (χ2v) is 5.54. The maximum Gasteiger partial charge on any atom is 0.191 e. The minimum atomic E-state index is 0. The first-order valence-corrected chi connectivity index (χ1v) is 7.01. The Morgan fingerprint density at radius 3 is 2.48 bits per heavy atom. The van der Waals surface area contributed by atoms with Crippen molar-refractivity contribution in [2.24, 2.45) is 4.99 Å². The molecule has 4 nitrogen and oxygen atoms in total. The molecule has 0 saturated carbocycles. The van der Waals surface area contributed by atoms with E-state index in [0.717, 1.165) is 19.0 Å². The van der Waals surface area contributed by atoms with Gasteiger partial charge in [-0.1, -0.05) is 38.1 Å². The minimum Gasteiger partial charge on any atom is -0.383 e. The molecule has 0 aliphatic carbocycles. The van der Waals surface area contributed by atoms with E-state index in [1.807, 2.05) is 0 Å². The van der Waals surface area contributed by atoms with Gasteiger partial charge in [0.25, 0.3) is 0 Å². The Balaban J connectivity index is 0.00000400. The van der Waals surface area contributed by atoms with Crippen LogP contribution in [0.15, 0.2) is 29.3 Å². The molecular formula is C16H28IN3O. The number of aliphatic imine (C=N–C) groups is 1. The van der Waals surface area contributed by atoms with Crippen molar-refractivity contribution in [3.63, 3.8) is 0 Å². The highest BCUT2D eigenvalue weighted by Crippen LogP contribution is 2.25. The third kappa shape index (κ3) is 6.65. The van der Waals surface area contributed by atoms with Crippen LogP contribution in [0, 0.1) is 6.92 Å². The first-order valence-electron chi connectivity index (χ1n) is 7.01. The molecule has 1 aromatic rings. The largest absolute Gasteiger partial charge is 0.383 e. The van der Waals surface area contributed by atoms with Crippen molar-refractivity contribution in [1.82, 2.24) is 10.6 Å². The fraction of sp³-hybridized carbons (Fsp3) is 0.562. The van der Waals surface area contributed by atoms with Gasteiger partial charge in [0.1, 0.15) is 0 Å². The van der Waals surface area contributed by atoms with Crippen molar-refractivity contribution in [1.29, 1.82) is 0 Å². The molecule has 0 bridgehead atoms. The van der Waals surface area contributed by atoms with E-state index in [9.17, 15) is 0 Å². The number of nitrogens with zero attached hydrogens (tertiary/aromatic N) is 1. The Hall–Kier alpha value is -0.820. The second kappa shape index (κ2) is 10.00. The van der Waals surface area contributed by atoms with Crippen LogP contribution in [0.3, 0.4) is 0 Å². The lowest BCUT2D eigenvalue weighted by Gasteiger charge is -2.28. The monoisotopic (exact) mass is 405 g/mol. The van der Waals surface area contributed by atoms with E-state index in [2.05, 4.69) is 60.7 Å². The minimum absolute atomic E-state index is 0. The summed E-state index contributed by atoms with van der Waals surface area (Å²) in [5.74, 6) is 0.809. The van der Waals surface area contributed by atoms with E-state index in [0.29, 0.717) is 6.61 Å². The fourth-order valence-electron chi connectivity index (χ4n) is 2.22. The average molecular weight is 405 g/mol. The number of methoxy groups -OCH3 is 1. The van der Waals surface area contributed by atoms with E-state index in [-0.39, 0.29) is 29.4 Å². The van der Waals surface area contributed by atoms with Gasteiger partial charge in [-0.2, -0.15) is 0 Å². The summed E-state index contributed by atoms with van der Waals surface area (Å²) in [4.78, 5) is 4.22. The summed E-state index contributed by atoms with van der Waals surface area (Å²) in [7, 11) is 3.47. The number of guanidine groups is 1. The smallest absolute Gasteiger partial charge is 0.191 e. The Morgan fingerprint density at radius 1 is 1.24 bits per heavy atom. The van der Waals surface area contributed by atoms with Crippen molar-refractivity contribution in [3.05, 3.63) is 35.4 Å². The maximum atomic E-state index is 5.02. The highest BCUT2D eigenvalue weighted by molar-refractivity contribution is 14.0. The molecule has 1 aromatic carbocycles. The van der Waals surface area contributed by atoms with Crippen molar-refractivity contribution >= 4 is 29.9 Å². The van der Waals surface area contributed by atoms with Crippen molar-refractivity contribution in [3.8, 4) is 0 Å². The third-order valence-electron chi connectivity index (χ3n) is 3.39. The maximum absolute atomic E-state index is 5.02. The van der Waals surface area contributed by atoms with Gasteiger partial charge in [-0.15, -0.1) is 24.0 Å². The molecule has 0 saturated heterocycles. The van der Waals surface area contributed by atoms with Crippen LogP contribution in [0.2, 0.25) is 0 Å². The number of aryl methyl sites for hydroxylation is 1. The van der Waals surface area contributed by atoms with Crippen LogP contribution in [0.1, 0.15) is 25.0 Å². The van der Waals surface area contributed by atoms with E-state index in [4.69, 9.17) is 4.74 Å². The summed E-state index contributed by atoms with van der Waals surface area (Å²) in [6.07, 6.45) is 0. The molecule has 5 heteroatoms. The molecule has 0 aromatic heterocycles. The first-order chi connectivity index (χ1) is 9.51. The fourth-order valence-corrected chi connectivity index (χ4v) is 2.22. The quantitative estimate of drug-likeness (QED) is 0.331. The molecule has 0 heterocycles. The van der Waals surface area contributed by atoms with Crippen LogP contribution in [-0.2, 0) is 10.2 Å². The zero-order chi connectivity index (χ0) is 15.0. The molecule has 2 N–H and O–H groups in total. The Morgan fingerprint density at radius 2 is 1.90 bits per heavy atom. The van der Waals surface area contributed by atoms with E-state index >= 15 is 0 Å². The van der Waals surface area contributed by atoms with Crippen LogP contribution in [0.5, 0.6) is 0 Å². The number of rotatable bonds is 6. The van der Waals surface area contributed by atoms with Gasteiger partial charge >= 0.3 is 0 Å². The van der Waals surface area contributed by atoms with Crippen LogP contribution in [-0.4, -0.2) is 39.8 Å². The van der Waals surface area contributed by atoms with Gasteiger partial charge in [-0.3, -0.25) is 4.99 Å². The molecule has 0 spiro atoms. The number of hydrogen-bond donors (Lipinski definition) is 2. The lowest BCUT2D eigenvalue weighted by atomic mass is 9.82. The van der Waals surface area contributed by atoms with Gasteiger partial charge in [-0.25, -0.2) is 0 Å². The predicted molar refractivity (Wildman–Crippen MR) is 101 cm³/mol. The molecule has 0 radical (unpaired) electrons. The molecule has 0 amide bonds. The van der Waals surface area contributed by atoms with Crippen LogP contribution in [0.25, 0.3) is 0 Å². The molecule has 0 unspecified atom stereocenters. The van der Waals surface area contributed by atoms with Gasteiger partial charge < -0.3 is 15.4 Å². The molecule has 0 aliphatic rings. The summed E-state index contributed by atoms with van der Waals surface area (Å²) in [5, 5.41) is 6.60. The SMILES string of the molecule is CN=C(NCCOC)NCC(C)(C)c1ccccc1C.I. The standard InChI is InChI=1S/C16H27N3O.HI/c1-13-8-6-7-9-14(13)16(2,3)12-19-15(17-4)18-10-11-20-5;/h6-9H,10-12H2,1-5H3,(H2,17,18,19);1H. The highest BCUT2D eigenvalue weighted by Gasteiger charge is 2.22. The Kier molecular flexibility index (Phi) is 9.61. The van der Waals surface area contributed by atoms with Crippen LogP contribution >= 0.6 is 24.0 Å². The summed E-state index contributed by atoms with van der Waals surface area (Å²) in [5.41, 5.74) is 2.73. The van der Waals surface area contributed by atoms with E-state index in [1.54, 1.807) is 14.2 Å². The predicted octanol–water partition coefficient (Wildman–Crippen LogP) is 2.70. The van der Waals surface area contributed by atoms with Crippen LogP contribution < -0.4 is 10.6 Å². The summed E-state index contributed by atoms with van der Waals surface area (Å²) in [6.45, 7) is 8.88. The number of nitrogens with one attached hydrogen (secondary N) is 2. The van der Waals surface area contributed by atoms with E-state index in [1.165, 1.54) is 11.1 Å². The molecule has 0 aliphatic heterocycles. The number of hydrogen-bond acceptors (Lipinski definition) is 2. The van der Waals surface area contributed by atoms with Crippen LogP contribution in [0.4, 0.5) is 0 Å². The zero-order valence-corrected chi connectivity index (χ0v) is 16.0. The van der Waals surface area contributed by atoms with Crippen molar-refractivity contribution in [2.75, 3.05) is 33.9 Å². The number of ether oxygens (including phenoxy) is 1. The zero-order valence-electron chi connectivity index (χ0n) is 13.7. The molecule has 0 fully saturated rings. The van der Waals surface area contributed by atoms with Gasteiger partial charge in [-0.05, 0) is 18.1 Å². The lowest BCUT2D eigenvalue weighted by molar-refractivity contribution is 0.203. The third-order valence-corrected chi connectivity index (χ3v) is 3.39. The Labute approximate surface area is 145 Å². The molecule has 1 rings (SSSR count). The normalized spacial score (nSPS) is 11.8. The average Bonchev–Trinajstić information content (AvgIpc) is 2.43. The van der Waals surface area contributed by atoms with Crippen molar-refractivity contribution in [2.45, 2.75) is 26.2 Å². The first kappa shape index (κ1) is 20.2.